The molecule has 0 amide bonds. The number of esters is 2. The molecule has 0 bridgehead atoms. The van der Waals surface area contributed by atoms with Crippen LogP contribution in [0, 0.1) is 0 Å². The summed E-state index contributed by atoms with van der Waals surface area (Å²) in [6.07, 6.45) is 2.63. The molecule has 1 aromatic heterocycles. The summed E-state index contributed by atoms with van der Waals surface area (Å²) in [6.45, 7) is 10.8. The maximum absolute atomic E-state index is 12.2. The van der Waals surface area contributed by atoms with Crippen LogP contribution in [0.1, 0.15) is 47.3 Å². The van der Waals surface area contributed by atoms with Gasteiger partial charge in [-0.25, -0.2) is 9.59 Å². The fourth-order valence-corrected chi connectivity index (χ4v) is 1.56. The van der Waals surface area contributed by atoms with E-state index in [0.717, 1.165) is 6.08 Å². The van der Waals surface area contributed by atoms with E-state index in [2.05, 4.69) is 5.32 Å². The maximum Gasteiger partial charge on any atom is 0.355 e. The quantitative estimate of drug-likeness (QED) is 0.663. The highest BCUT2D eigenvalue weighted by molar-refractivity contribution is 5.96. The first kappa shape index (κ1) is 18.8. The second-order valence-corrected chi connectivity index (χ2v) is 7.03. The van der Waals surface area contributed by atoms with E-state index < -0.39 is 23.1 Å². The monoisotopic (exact) mass is 323 g/mol. The van der Waals surface area contributed by atoms with E-state index >= 15 is 0 Å². The van der Waals surface area contributed by atoms with Crippen molar-refractivity contribution in [3.8, 4) is 0 Å². The van der Waals surface area contributed by atoms with Crippen LogP contribution in [0.5, 0.6) is 0 Å². The molecule has 0 spiro atoms. The second kappa shape index (κ2) is 7.35. The fraction of sp³-hybridized carbons (Fsp3) is 0.529. The van der Waals surface area contributed by atoms with E-state index in [9.17, 15) is 9.59 Å². The minimum absolute atomic E-state index is 0.0191. The Balaban J connectivity index is 2.86. The lowest BCUT2D eigenvalue weighted by Crippen LogP contribution is -2.31. The highest BCUT2D eigenvalue weighted by Crippen LogP contribution is 2.12. The van der Waals surface area contributed by atoms with Crippen molar-refractivity contribution in [2.24, 2.45) is 0 Å². The van der Waals surface area contributed by atoms with Crippen molar-refractivity contribution in [3.63, 3.8) is 0 Å². The molecule has 0 atom stereocenters. The molecular formula is C17H25NO5. The number of rotatable bonds is 5. The Morgan fingerprint density at radius 1 is 1.13 bits per heavy atom. The number of hydrogen-bond donors (Lipinski definition) is 1. The zero-order chi connectivity index (χ0) is 17.7. The van der Waals surface area contributed by atoms with E-state index in [0.29, 0.717) is 5.76 Å². The molecule has 0 radical (unpaired) electrons. The summed E-state index contributed by atoms with van der Waals surface area (Å²) in [4.78, 5) is 24.2. The van der Waals surface area contributed by atoms with E-state index in [1.165, 1.54) is 6.26 Å². The molecule has 1 rings (SSSR count). The summed E-state index contributed by atoms with van der Waals surface area (Å²) in [5, 5.41) is 2.85. The van der Waals surface area contributed by atoms with Crippen molar-refractivity contribution >= 4 is 11.9 Å². The molecule has 6 heteroatoms. The van der Waals surface area contributed by atoms with Gasteiger partial charge in [-0.15, -0.1) is 0 Å². The fourth-order valence-electron chi connectivity index (χ4n) is 1.56. The molecular weight excluding hydrogens is 298 g/mol. The molecule has 1 N–H and O–H groups in total. The van der Waals surface area contributed by atoms with E-state index in [1.807, 2.05) is 0 Å². The molecule has 0 saturated heterocycles. The minimum atomic E-state index is -0.670. The van der Waals surface area contributed by atoms with Gasteiger partial charge >= 0.3 is 11.9 Å². The predicted octanol–water partition coefficient (Wildman–Crippen LogP) is 2.94. The summed E-state index contributed by atoms with van der Waals surface area (Å²) in [5.41, 5.74) is -1.30. The van der Waals surface area contributed by atoms with Gasteiger partial charge in [0.05, 0.1) is 18.9 Å². The smallest absolute Gasteiger partial charge is 0.355 e. The van der Waals surface area contributed by atoms with Crippen LogP contribution in [0.3, 0.4) is 0 Å². The van der Waals surface area contributed by atoms with Gasteiger partial charge in [-0.3, -0.25) is 0 Å². The van der Waals surface area contributed by atoms with Crippen molar-refractivity contribution in [2.75, 3.05) is 0 Å². The third kappa shape index (κ3) is 8.09. The molecule has 0 aliphatic rings. The van der Waals surface area contributed by atoms with Crippen LogP contribution in [0.25, 0.3) is 0 Å². The van der Waals surface area contributed by atoms with Crippen LogP contribution in [0.15, 0.2) is 34.6 Å². The molecule has 0 aliphatic carbocycles. The third-order valence-electron chi connectivity index (χ3n) is 2.32. The zero-order valence-electron chi connectivity index (χ0n) is 14.6. The highest BCUT2D eigenvalue weighted by atomic mass is 16.6. The molecule has 0 aliphatic heterocycles. The number of nitrogens with one attached hydrogen (secondary N) is 1. The van der Waals surface area contributed by atoms with Crippen LogP contribution >= 0.6 is 0 Å². The Morgan fingerprint density at radius 3 is 2.22 bits per heavy atom. The average Bonchev–Trinajstić information content (AvgIpc) is 2.82. The first-order valence-electron chi connectivity index (χ1n) is 7.40. The first-order chi connectivity index (χ1) is 10.5. The number of ether oxygens (including phenoxy) is 2. The Labute approximate surface area is 136 Å². The van der Waals surface area contributed by atoms with E-state index in [4.69, 9.17) is 13.9 Å². The zero-order valence-corrected chi connectivity index (χ0v) is 14.6. The van der Waals surface area contributed by atoms with Crippen molar-refractivity contribution in [2.45, 2.75) is 59.3 Å². The molecule has 0 aromatic carbocycles. The Bertz CT molecular complexity index is 559. The number of furan rings is 1. The molecule has 1 aromatic rings. The standard InChI is InChI=1S/C17H25NO5/c1-16(2,3)22-14(19)10-13(15(20)23-17(4,5)6)18-11-12-8-7-9-21-12/h7-10,18H,11H2,1-6H3/b13-10+. The van der Waals surface area contributed by atoms with Crippen LogP contribution in [-0.2, 0) is 25.6 Å². The van der Waals surface area contributed by atoms with Gasteiger partial charge in [-0.2, -0.15) is 0 Å². The maximum atomic E-state index is 12.2. The van der Waals surface area contributed by atoms with Crippen LogP contribution in [-0.4, -0.2) is 23.1 Å². The summed E-state index contributed by atoms with van der Waals surface area (Å²) < 4.78 is 15.7. The van der Waals surface area contributed by atoms with Gasteiger partial charge in [-0.05, 0) is 53.7 Å². The van der Waals surface area contributed by atoms with Crippen LogP contribution in [0.2, 0.25) is 0 Å². The predicted molar refractivity (Wildman–Crippen MR) is 85.3 cm³/mol. The Morgan fingerprint density at radius 2 is 1.74 bits per heavy atom. The van der Waals surface area contributed by atoms with Gasteiger partial charge in [0.1, 0.15) is 22.7 Å². The number of carbonyl (C=O) groups is 2. The van der Waals surface area contributed by atoms with E-state index in [1.54, 1.807) is 53.7 Å². The summed E-state index contributed by atoms with van der Waals surface area (Å²) in [5.74, 6) is -0.621. The largest absolute Gasteiger partial charge is 0.467 e. The summed E-state index contributed by atoms with van der Waals surface area (Å²) >= 11 is 0. The lowest BCUT2D eigenvalue weighted by Gasteiger charge is -2.22. The number of carbonyl (C=O) groups excluding carboxylic acids is 2. The van der Waals surface area contributed by atoms with Gasteiger partial charge in [0.25, 0.3) is 0 Å². The highest BCUT2D eigenvalue weighted by Gasteiger charge is 2.22. The van der Waals surface area contributed by atoms with Crippen LogP contribution in [0.4, 0.5) is 0 Å². The molecule has 1 heterocycles. The lowest BCUT2D eigenvalue weighted by atomic mass is 10.2. The average molecular weight is 323 g/mol. The number of hydrogen-bond acceptors (Lipinski definition) is 6. The van der Waals surface area contributed by atoms with Gasteiger partial charge in [-0.1, -0.05) is 0 Å². The molecule has 0 fully saturated rings. The summed E-state index contributed by atoms with van der Waals surface area (Å²) in [7, 11) is 0. The SMILES string of the molecule is CC(C)(C)OC(=O)/C=C(/NCc1ccco1)C(=O)OC(C)(C)C. The topological polar surface area (TPSA) is 77.8 Å². The van der Waals surface area contributed by atoms with Crippen LogP contribution < -0.4 is 5.32 Å². The van der Waals surface area contributed by atoms with Crippen molar-refractivity contribution < 1.29 is 23.5 Å². The normalized spacial score (nSPS) is 12.7. The third-order valence-corrected chi connectivity index (χ3v) is 2.32. The minimum Gasteiger partial charge on any atom is -0.467 e. The van der Waals surface area contributed by atoms with Crippen molar-refractivity contribution in [3.05, 3.63) is 35.9 Å². The lowest BCUT2D eigenvalue weighted by molar-refractivity contribution is -0.153. The van der Waals surface area contributed by atoms with Gasteiger partial charge in [0, 0.05) is 0 Å². The molecule has 128 valence electrons. The van der Waals surface area contributed by atoms with Gasteiger partial charge in [0.2, 0.25) is 0 Å². The second-order valence-electron chi connectivity index (χ2n) is 7.03. The van der Waals surface area contributed by atoms with Gasteiger partial charge in [0.15, 0.2) is 0 Å². The Hall–Kier alpha value is -2.24. The molecule has 0 unspecified atom stereocenters. The molecule has 23 heavy (non-hydrogen) atoms. The molecule has 0 saturated carbocycles. The van der Waals surface area contributed by atoms with Crippen molar-refractivity contribution in [1.82, 2.24) is 5.32 Å². The van der Waals surface area contributed by atoms with E-state index in [-0.39, 0.29) is 12.2 Å². The molecule has 6 nitrogen and oxygen atoms in total. The van der Waals surface area contributed by atoms with Gasteiger partial charge < -0.3 is 19.2 Å². The Kier molecular flexibility index (Phi) is 6.01. The first-order valence-corrected chi connectivity index (χ1v) is 7.40. The summed E-state index contributed by atoms with van der Waals surface area (Å²) in [6, 6.07) is 3.49. The van der Waals surface area contributed by atoms with Crippen molar-refractivity contribution in [1.29, 1.82) is 0 Å².